The Morgan fingerprint density at radius 1 is 0.691 bits per heavy atom. The third-order valence-electron chi connectivity index (χ3n) is 15.1. The number of thiocarbonyl (C=S) groups is 1. The number of hydrogen-bond donors (Lipinski definition) is 1. The Morgan fingerprint density at radius 3 is 1.91 bits per heavy atom. The van der Waals surface area contributed by atoms with Gasteiger partial charge in [0.05, 0.1) is 50.0 Å². The molecule has 0 aromatic carbocycles. The van der Waals surface area contributed by atoms with Crippen LogP contribution in [0.5, 0.6) is 0 Å². The summed E-state index contributed by atoms with van der Waals surface area (Å²) in [6.07, 6.45) is 5.24. The van der Waals surface area contributed by atoms with E-state index in [1.807, 2.05) is 39.0 Å². The molecular weight excluding hydrogens is 1310 g/mol. The SMILES string of the molecule is [C-]#[N+]C(C)(CCC(=O)CCCOCCOCCC(=O)CCCCCCO[C@@H]1O[C@H](CC)[C@H](C)[C@H](OC(C)=O)[C@H]1NC(C)=O)CC(C)(CC(C)(CC(C)(SC(=S)SCC)C(=O)OCCOC)C(=O)OCCOCCCC(=O)OC(C)(C)C)C(=O)OCCSSc1ccccn1. The molecule has 9 atom stereocenters. The highest BCUT2D eigenvalue weighted by Gasteiger charge is 2.55. The molecule has 22 nitrogen and oxygen atoms in total. The maximum absolute atomic E-state index is 14.8. The minimum absolute atomic E-state index is 0.0131. The van der Waals surface area contributed by atoms with E-state index in [9.17, 15) is 38.4 Å². The van der Waals surface area contributed by atoms with Crippen molar-refractivity contribution in [2.75, 3.05) is 91.3 Å². The molecule has 2 heterocycles. The number of pyridine rings is 1. The number of ether oxygens (including phenoxy) is 11. The molecule has 1 N–H and O–H groups in total. The van der Waals surface area contributed by atoms with Crippen LogP contribution in [0.2, 0.25) is 0 Å². The maximum Gasteiger partial charge on any atom is 0.322 e. The summed E-state index contributed by atoms with van der Waals surface area (Å²) in [6, 6.07) is 4.91. The number of carbonyl (C=O) groups is 8. The van der Waals surface area contributed by atoms with E-state index < -0.39 is 69.0 Å². The van der Waals surface area contributed by atoms with Gasteiger partial charge in [-0.3, -0.25) is 38.4 Å². The Labute approximate surface area is 580 Å². The number of esters is 5. The summed E-state index contributed by atoms with van der Waals surface area (Å²) in [5.74, 6) is -2.31. The van der Waals surface area contributed by atoms with Gasteiger partial charge in [0.25, 0.3) is 0 Å². The molecule has 534 valence electrons. The molecule has 2 rings (SSSR count). The Balaban J connectivity index is 2.08. The van der Waals surface area contributed by atoms with Crippen LogP contribution in [-0.4, -0.2) is 188 Å². The van der Waals surface area contributed by atoms with Gasteiger partial charge in [0.1, 0.15) is 62.4 Å². The minimum Gasteiger partial charge on any atom is -0.464 e. The Bertz CT molecular complexity index is 2530. The molecule has 27 heteroatoms. The van der Waals surface area contributed by atoms with Gasteiger partial charge in [-0.2, -0.15) is 0 Å². The van der Waals surface area contributed by atoms with Crippen molar-refractivity contribution in [3.8, 4) is 0 Å². The molecule has 1 aliphatic rings. The number of nitrogens with zero attached hydrogens (tertiary/aromatic N) is 2. The highest BCUT2D eigenvalue weighted by molar-refractivity contribution is 8.76. The first-order chi connectivity index (χ1) is 44.5. The summed E-state index contributed by atoms with van der Waals surface area (Å²) in [4.78, 5) is 115. The topological polar surface area (TPSA) is 267 Å². The fourth-order valence-corrected chi connectivity index (χ4v) is 15.8. The molecule has 1 saturated heterocycles. The van der Waals surface area contributed by atoms with Gasteiger partial charge in [0.15, 0.2) is 6.29 Å². The van der Waals surface area contributed by atoms with Crippen LogP contribution in [0.25, 0.3) is 4.85 Å². The number of Topliss-reactive ketones (excluding diaryl/α,β-unsaturated/α-hetero) is 2. The number of hydrogen-bond acceptors (Lipinski definition) is 25. The first kappa shape index (κ1) is 86.1. The van der Waals surface area contributed by atoms with Crippen LogP contribution in [0, 0.1) is 23.3 Å². The molecule has 94 heavy (non-hydrogen) atoms. The average molecular weight is 1420 g/mol. The van der Waals surface area contributed by atoms with Gasteiger partial charge < -0.3 is 62.3 Å². The van der Waals surface area contributed by atoms with Gasteiger partial charge in [-0.1, -0.05) is 74.5 Å². The van der Waals surface area contributed by atoms with Crippen LogP contribution in [0.1, 0.15) is 186 Å². The van der Waals surface area contributed by atoms with E-state index in [2.05, 4.69) is 15.1 Å². The van der Waals surface area contributed by atoms with Crippen molar-refractivity contribution in [1.29, 1.82) is 0 Å². The lowest BCUT2D eigenvalue weighted by molar-refractivity contribution is -0.253. The first-order valence-electron chi connectivity index (χ1n) is 32.6. The molecule has 1 amide bonds. The van der Waals surface area contributed by atoms with Gasteiger partial charge in [-0.05, 0) is 115 Å². The van der Waals surface area contributed by atoms with Gasteiger partial charge >= 0.3 is 29.8 Å². The van der Waals surface area contributed by atoms with Crippen molar-refractivity contribution in [2.24, 2.45) is 16.7 Å². The van der Waals surface area contributed by atoms with E-state index in [-0.39, 0.29) is 153 Å². The Morgan fingerprint density at radius 2 is 1.30 bits per heavy atom. The zero-order valence-corrected chi connectivity index (χ0v) is 62.0. The molecule has 1 aromatic rings. The van der Waals surface area contributed by atoms with Gasteiger partial charge in [0.2, 0.25) is 11.4 Å². The lowest BCUT2D eigenvalue weighted by Crippen LogP contribution is -2.62. The highest BCUT2D eigenvalue weighted by Crippen LogP contribution is 2.50. The molecule has 0 aliphatic carbocycles. The van der Waals surface area contributed by atoms with E-state index in [4.69, 9.17) is 70.9 Å². The van der Waals surface area contributed by atoms with E-state index in [1.54, 1.807) is 54.7 Å². The number of amides is 1. The largest absolute Gasteiger partial charge is 0.464 e. The zero-order valence-electron chi connectivity index (χ0n) is 57.9. The quantitative estimate of drug-likeness (QED) is 0.0159. The summed E-state index contributed by atoms with van der Waals surface area (Å²) in [5.41, 5.74) is -5.15. The molecule has 1 aromatic heterocycles. The van der Waals surface area contributed by atoms with Crippen LogP contribution in [0.15, 0.2) is 29.4 Å². The van der Waals surface area contributed by atoms with Gasteiger partial charge in [-0.25, -0.2) is 11.6 Å². The third-order valence-corrected chi connectivity index (χ3v) is 20.0. The minimum atomic E-state index is -1.64. The second-order valence-electron chi connectivity index (χ2n) is 25.4. The lowest BCUT2D eigenvalue weighted by atomic mass is 9.64. The van der Waals surface area contributed by atoms with Crippen molar-refractivity contribution in [3.63, 3.8) is 0 Å². The van der Waals surface area contributed by atoms with Crippen LogP contribution >= 0.6 is 57.3 Å². The summed E-state index contributed by atoms with van der Waals surface area (Å²) >= 11 is 8.16. The fraction of sp³-hybridized carbons (Fsp3) is 0.776. The number of methoxy groups -OCH3 is 1. The molecule has 4 unspecified atom stereocenters. The number of rotatable bonds is 50. The van der Waals surface area contributed by atoms with Crippen molar-refractivity contribution >= 4 is 108 Å². The molecule has 0 radical (unpaired) electrons. The predicted octanol–water partition coefficient (Wildman–Crippen LogP) is 11.9. The van der Waals surface area contributed by atoms with Crippen molar-refractivity contribution < 1.29 is 90.5 Å². The van der Waals surface area contributed by atoms with Gasteiger partial charge in [0, 0.05) is 111 Å². The Hall–Kier alpha value is -3.95. The monoisotopic (exact) mass is 1420 g/mol. The molecule has 0 saturated carbocycles. The van der Waals surface area contributed by atoms with Crippen molar-refractivity contribution in [3.05, 3.63) is 35.8 Å². The second kappa shape index (κ2) is 46.3. The molecule has 1 aliphatic heterocycles. The normalized spacial score (nSPS) is 19.0. The van der Waals surface area contributed by atoms with E-state index in [1.165, 1.54) is 54.3 Å². The van der Waals surface area contributed by atoms with E-state index in [0.29, 0.717) is 47.3 Å². The molecule has 1 fully saturated rings. The van der Waals surface area contributed by atoms with E-state index in [0.717, 1.165) is 42.5 Å². The predicted molar refractivity (Wildman–Crippen MR) is 370 cm³/mol. The number of nitrogens with one attached hydrogen (secondary N) is 1. The van der Waals surface area contributed by atoms with Crippen molar-refractivity contribution in [2.45, 2.75) is 231 Å². The Kier molecular flexibility index (Phi) is 42.5. The molecular formula is C67H107N3O19S5. The first-order valence-corrected chi connectivity index (χ1v) is 37.2. The number of thioether (sulfide) groups is 2. The second-order valence-corrected chi connectivity index (χ2v) is 31.8. The number of unbranched alkanes of at least 4 members (excludes halogenated alkanes) is 3. The van der Waals surface area contributed by atoms with E-state index >= 15 is 0 Å². The standard InChI is InChI=1S/C67H107N3O19S5/c1-15-53-48(3)57(87-50(5)72)56(70-49(4)71)58(88-53)83-35-22-18-17-19-25-52(74)30-36-82-39-38-80-33-23-26-51(73)29-31-66(11,68-13)46-64(9,59(76)86-43-44-92-94-54-27-20-21-32-69-54)45-65(10,47-67(12,93-62(90)91-16-2)61(78)85-41-37-79-14)60(77)84-42-40-81-34-24-28-55(75)89-63(6,7)8/h20-21,27,32,48,53,56-58H,15-19,22-26,28-31,33-47H2,1-12,14H3,(H,70,71)/t48-,53+,56+,57-,58+,64?,65?,66?,67?/m0/s1. The fourth-order valence-electron chi connectivity index (χ4n) is 10.9. The summed E-state index contributed by atoms with van der Waals surface area (Å²) in [6.45, 7) is 30.5. The summed E-state index contributed by atoms with van der Waals surface area (Å²) < 4.78 is 62.2. The number of ketones is 2. The third kappa shape index (κ3) is 35.5. The van der Waals surface area contributed by atoms with Crippen LogP contribution in [0.4, 0.5) is 0 Å². The lowest BCUT2D eigenvalue weighted by Gasteiger charge is -2.44. The van der Waals surface area contributed by atoms with Crippen LogP contribution in [0.3, 0.4) is 0 Å². The zero-order chi connectivity index (χ0) is 70.2. The smallest absolute Gasteiger partial charge is 0.322 e. The van der Waals surface area contributed by atoms with Crippen LogP contribution in [-0.2, 0) is 90.5 Å². The number of carbonyl (C=O) groups excluding carboxylic acids is 8. The maximum atomic E-state index is 14.8. The van der Waals surface area contributed by atoms with Crippen molar-refractivity contribution in [1.82, 2.24) is 10.3 Å². The average Bonchev–Trinajstić information content (AvgIpc) is 0.783. The summed E-state index contributed by atoms with van der Waals surface area (Å²) in [7, 11) is 4.34. The van der Waals surface area contributed by atoms with Crippen LogP contribution < -0.4 is 5.32 Å². The number of aromatic nitrogens is 1. The highest BCUT2D eigenvalue weighted by atomic mass is 33.1. The molecule has 0 spiro atoms. The van der Waals surface area contributed by atoms with Gasteiger partial charge in [-0.15, -0.1) is 11.8 Å². The summed E-state index contributed by atoms with van der Waals surface area (Å²) in [5, 5.41) is 3.63. The molecule has 0 bridgehead atoms.